The third-order valence-corrected chi connectivity index (χ3v) is 3.81. The summed E-state index contributed by atoms with van der Waals surface area (Å²) >= 11 is 0. The first-order valence-electron chi connectivity index (χ1n) is 8.23. The molecule has 3 rings (SSSR count). The topological polar surface area (TPSA) is 49.7 Å². The molecule has 2 heterocycles. The van der Waals surface area contributed by atoms with E-state index < -0.39 is 18.8 Å². The van der Waals surface area contributed by atoms with Gasteiger partial charge in [0.15, 0.2) is 0 Å². The molecule has 0 saturated carbocycles. The van der Waals surface area contributed by atoms with Gasteiger partial charge in [-0.05, 0) is 38.3 Å². The number of ether oxygens (including phenoxy) is 1. The van der Waals surface area contributed by atoms with Crippen molar-refractivity contribution < 1.29 is 18.8 Å². The predicted octanol–water partition coefficient (Wildman–Crippen LogP) is 3.19. The van der Waals surface area contributed by atoms with Crippen molar-refractivity contribution in [3.8, 4) is 0 Å². The lowest BCUT2D eigenvalue weighted by atomic mass is 9.80. The Hall–Kier alpha value is -1.79. The van der Waals surface area contributed by atoms with Crippen LogP contribution in [-0.4, -0.2) is 36.6 Å². The van der Waals surface area contributed by atoms with Crippen LogP contribution in [0, 0.1) is 5.41 Å². The zero-order valence-corrected chi connectivity index (χ0v) is 15.0. The molecule has 6 heteroatoms. The van der Waals surface area contributed by atoms with Crippen LogP contribution in [0.4, 0.5) is 4.79 Å². The van der Waals surface area contributed by atoms with Crippen molar-refractivity contribution in [1.82, 2.24) is 4.57 Å². The molecule has 2 aromatic rings. The van der Waals surface area contributed by atoms with Crippen LogP contribution >= 0.6 is 0 Å². The van der Waals surface area contributed by atoms with Gasteiger partial charge in [-0.1, -0.05) is 32.0 Å². The fourth-order valence-corrected chi connectivity index (χ4v) is 2.72. The Morgan fingerprint density at radius 1 is 1.21 bits per heavy atom. The number of carbonyl (C=O) groups excluding carboxylic acids is 1. The van der Waals surface area contributed by atoms with Crippen LogP contribution in [0.3, 0.4) is 0 Å². The number of para-hydroxylation sites is 1. The molecule has 0 bridgehead atoms. The summed E-state index contributed by atoms with van der Waals surface area (Å²) in [7, 11) is -0.571. The minimum absolute atomic E-state index is 0.0285. The average molecular weight is 329 g/mol. The molecule has 1 aromatic carbocycles. The maximum atomic E-state index is 12.8. The minimum atomic E-state index is -0.573. The summed E-state index contributed by atoms with van der Waals surface area (Å²) in [5, 5.41) is 0.954. The van der Waals surface area contributed by atoms with E-state index in [4.69, 9.17) is 14.0 Å². The van der Waals surface area contributed by atoms with E-state index in [1.165, 1.54) is 0 Å². The van der Waals surface area contributed by atoms with Gasteiger partial charge in [-0.2, -0.15) is 0 Å². The highest BCUT2D eigenvalue weighted by molar-refractivity contribution is 6.61. The summed E-state index contributed by atoms with van der Waals surface area (Å²) in [6.07, 6.45) is -0.421. The van der Waals surface area contributed by atoms with Crippen LogP contribution in [-0.2, 0) is 14.0 Å². The highest BCUT2D eigenvalue weighted by atomic mass is 16.6. The van der Waals surface area contributed by atoms with Gasteiger partial charge < -0.3 is 14.0 Å². The average Bonchev–Trinajstić information content (AvgIpc) is 2.84. The van der Waals surface area contributed by atoms with E-state index in [9.17, 15) is 4.79 Å². The van der Waals surface area contributed by atoms with Crippen LogP contribution in [0.1, 0.15) is 34.6 Å². The molecular formula is C18H24BNO4. The van der Waals surface area contributed by atoms with Gasteiger partial charge in [0.25, 0.3) is 0 Å². The maximum absolute atomic E-state index is 12.8. The SMILES string of the molecule is CC1(C)COB(c2cc3ccccc3n2C(=O)OC(C)(C)C)OC1. The van der Waals surface area contributed by atoms with Crippen LogP contribution in [0.15, 0.2) is 30.3 Å². The third-order valence-electron chi connectivity index (χ3n) is 3.81. The van der Waals surface area contributed by atoms with E-state index in [0.717, 1.165) is 10.9 Å². The molecule has 1 aromatic heterocycles. The Kier molecular flexibility index (Phi) is 4.22. The number of hydrogen-bond donors (Lipinski definition) is 0. The Labute approximate surface area is 143 Å². The smallest absolute Gasteiger partial charge is 0.443 e. The van der Waals surface area contributed by atoms with Crippen molar-refractivity contribution in [3.05, 3.63) is 30.3 Å². The summed E-state index contributed by atoms with van der Waals surface area (Å²) in [4.78, 5) is 12.8. The molecule has 0 spiro atoms. The van der Waals surface area contributed by atoms with E-state index in [-0.39, 0.29) is 5.41 Å². The molecule has 0 N–H and O–H groups in total. The Balaban J connectivity index is 2.01. The molecule has 0 atom stereocenters. The highest BCUT2D eigenvalue weighted by Gasteiger charge is 2.37. The van der Waals surface area contributed by atoms with Crippen molar-refractivity contribution in [2.24, 2.45) is 5.41 Å². The monoisotopic (exact) mass is 329 g/mol. The van der Waals surface area contributed by atoms with Crippen molar-refractivity contribution >= 4 is 29.7 Å². The summed E-state index contributed by atoms with van der Waals surface area (Å²) < 4.78 is 18.9. The van der Waals surface area contributed by atoms with E-state index in [2.05, 4.69) is 13.8 Å². The number of fused-ring (bicyclic) bond motifs is 1. The number of benzene rings is 1. The zero-order valence-electron chi connectivity index (χ0n) is 15.0. The van der Waals surface area contributed by atoms with Crippen LogP contribution < -0.4 is 5.59 Å². The quantitative estimate of drug-likeness (QED) is 0.754. The molecular weight excluding hydrogens is 305 g/mol. The Morgan fingerprint density at radius 3 is 2.46 bits per heavy atom. The lowest BCUT2D eigenvalue weighted by molar-refractivity contribution is 0.0328. The van der Waals surface area contributed by atoms with Gasteiger partial charge in [0.1, 0.15) is 5.60 Å². The van der Waals surface area contributed by atoms with E-state index in [1.807, 2.05) is 51.1 Å². The first-order valence-corrected chi connectivity index (χ1v) is 8.23. The number of nitrogens with zero attached hydrogens (tertiary/aromatic N) is 1. The largest absolute Gasteiger partial charge is 0.512 e. The normalized spacial score (nSPS) is 18.0. The van der Waals surface area contributed by atoms with Gasteiger partial charge in [-0.25, -0.2) is 4.79 Å². The second-order valence-electron chi connectivity index (χ2n) is 8.06. The third kappa shape index (κ3) is 3.49. The van der Waals surface area contributed by atoms with Gasteiger partial charge in [0.05, 0.1) is 11.1 Å². The summed E-state index contributed by atoms with van der Waals surface area (Å²) in [5.74, 6) is 0. The molecule has 5 nitrogen and oxygen atoms in total. The Bertz CT molecular complexity index is 750. The lowest BCUT2D eigenvalue weighted by Crippen LogP contribution is -2.51. The van der Waals surface area contributed by atoms with Gasteiger partial charge in [-0.15, -0.1) is 0 Å². The fourth-order valence-electron chi connectivity index (χ4n) is 2.72. The zero-order chi connectivity index (χ0) is 17.5. The number of hydrogen-bond acceptors (Lipinski definition) is 4. The molecule has 1 saturated heterocycles. The first kappa shape index (κ1) is 17.1. The minimum Gasteiger partial charge on any atom is -0.443 e. The van der Waals surface area contributed by atoms with Crippen LogP contribution in [0.5, 0.6) is 0 Å². The molecule has 1 aliphatic heterocycles. The summed E-state index contributed by atoms with van der Waals surface area (Å²) in [6.45, 7) is 10.9. The van der Waals surface area contributed by atoms with Crippen LogP contribution in [0.25, 0.3) is 10.9 Å². The molecule has 0 amide bonds. The van der Waals surface area contributed by atoms with Crippen molar-refractivity contribution in [2.45, 2.75) is 40.2 Å². The molecule has 0 aliphatic carbocycles. The molecule has 1 fully saturated rings. The number of aromatic nitrogens is 1. The summed E-state index contributed by atoms with van der Waals surface area (Å²) in [5.41, 5.74) is 0.856. The standard InChI is InChI=1S/C18H24BNO4/c1-17(2,3)24-16(21)20-14-9-7-6-8-13(14)10-15(20)19-22-11-18(4,5)12-23-19/h6-10H,11-12H2,1-5H3. The second kappa shape index (κ2) is 5.94. The van der Waals surface area contributed by atoms with Crippen LogP contribution in [0.2, 0.25) is 0 Å². The predicted molar refractivity (Wildman–Crippen MR) is 94.6 cm³/mol. The van der Waals surface area contributed by atoms with Crippen molar-refractivity contribution in [2.75, 3.05) is 13.2 Å². The Morgan fingerprint density at radius 2 is 1.83 bits per heavy atom. The van der Waals surface area contributed by atoms with Gasteiger partial charge in [0.2, 0.25) is 0 Å². The fraction of sp³-hybridized carbons (Fsp3) is 0.500. The lowest BCUT2D eigenvalue weighted by Gasteiger charge is -2.33. The number of rotatable bonds is 1. The maximum Gasteiger partial charge on any atom is 0.512 e. The van der Waals surface area contributed by atoms with E-state index in [0.29, 0.717) is 18.8 Å². The molecule has 128 valence electrons. The van der Waals surface area contributed by atoms with Gasteiger partial charge in [0, 0.05) is 18.6 Å². The van der Waals surface area contributed by atoms with Crippen molar-refractivity contribution in [3.63, 3.8) is 0 Å². The van der Waals surface area contributed by atoms with E-state index in [1.54, 1.807) is 4.57 Å². The first-order chi connectivity index (χ1) is 11.2. The van der Waals surface area contributed by atoms with Crippen molar-refractivity contribution in [1.29, 1.82) is 0 Å². The molecule has 1 aliphatic rings. The van der Waals surface area contributed by atoms with Gasteiger partial charge in [-0.3, -0.25) is 4.57 Å². The summed E-state index contributed by atoms with van der Waals surface area (Å²) in [6, 6.07) is 9.64. The second-order valence-corrected chi connectivity index (χ2v) is 8.06. The molecule has 0 radical (unpaired) electrons. The van der Waals surface area contributed by atoms with E-state index >= 15 is 0 Å². The number of carbonyl (C=O) groups is 1. The molecule has 0 unspecified atom stereocenters. The van der Waals surface area contributed by atoms with Gasteiger partial charge >= 0.3 is 13.2 Å². The molecule has 24 heavy (non-hydrogen) atoms. The highest BCUT2D eigenvalue weighted by Crippen LogP contribution is 2.23.